The van der Waals surface area contributed by atoms with Crippen molar-refractivity contribution in [3.8, 4) is 0 Å². The van der Waals surface area contributed by atoms with Crippen molar-refractivity contribution < 1.29 is 17.6 Å². The predicted molar refractivity (Wildman–Crippen MR) is 91.4 cm³/mol. The first-order valence-electron chi connectivity index (χ1n) is 7.30. The molecule has 0 saturated carbocycles. The van der Waals surface area contributed by atoms with Crippen molar-refractivity contribution in [1.82, 2.24) is 9.62 Å². The molecule has 0 radical (unpaired) electrons. The number of rotatable bonds is 6. The number of carbonyl (C=O) groups is 1. The summed E-state index contributed by atoms with van der Waals surface area (Å²) in [5, 5.41) is 0.190. The van der Waals surface area contributed by atoms with E-state index in [2.05, 4.69) is 4.72 Å². The molecule has 1 N–H and O–H groups in total. The van der Waals surface area contributed by atoms with Gasteiger partial charge in [0.1, 0.15) is 5.76 Å². The third kappa shape index (κ3) is 4.37. The molecule has 0 unspecified atom stereocenters. The number of furan rings is 1. The van der Waals surface area contributed by atoms with Gasteiger partial charge in [-0.2, -0.15) is 0 Å². The first-order valence-corrected chi connectivity index (χ1v) is 9.16. The molecule has 2 rings (SSSR count). The lowest BCUT2D eigenvalue weighted by atomic mass is 10.2. The van der Waals surface area contributed by atoms with Gasteiger partial charge in [0.15, 0.2) is 0 Å². The van der Waals surface area contributed by atoms with Crippen LogP contribution in [0.1, 0.15) is 30.0 Å². The third-order valence-corrected chi connectivity index (χ3v) is 5.18. The molecule has 6 nitrogen and oxygen atoms in total. The Hall–Kier alpha value is -1.83. The summed E-state index contributed by atoms with van der Waals surface area (Å²) in [6, 6.07) is 7.28. The summed E-state index contributed by atoms with van der Waals surface area (Å²) in [5.74, 6) is 0.227. The summed E-state index contributed by atoms with van der Waals surface area (Å²) >= 11 is 6.09. The van der Waals surface area contributed by atoms with Gasteiger partial charge in [-0.3, -0.25) is 4.79 Å². The lowest BCUT2D eigenvalue weighted by Crippen LogP contribution is -2.31. The predicted octanol–water partition coefficient (Wildman–Crippen LogP) is 2.89. The maximum atomic E-state index is 12.6. The van der Waals surface area contributed by atoms with Gasteiger partial charge in [-0.15, -0.1) is 0 Å². The van der Waals surface area contributed by atoms with Crippen LogP contribution in [-0.4, -0.2) is 32.3 Å². The highest BCUT2D eigenvalue weighted by atomic mass is 35.5. The van der Waals surface area contributed by atoms with Crippen molar-refractivity contribution in [3.05, 3.63) is 52.9 Å². The van der Waals surface area contributed by atoms with Gasteiger partial charge in [-0.1, -0.05) is 11.6 Å². The molecule has 2 aromatic rings. The first kappa shape index (κ1) is 18.5. The molecule has 1 aromatic carbocycles. The molecule has 130 valence electrons. The molecule has 0 bridgehead atoms. The lowest BCUT2D eigenvalue weighted by molar-refractivity contribution is 0.0775. The summed E-state index contributed by atoms with van der Waals surface area (Å²) < 4.78 is 32.2. The van der Waals surface area contributed by atoms with Crippen molar-refractivity contribution in [3.63, 3.8) is 0 Å². The van der Waals surface area contributed by atoms with Gasteiger partial charge in [0.05, 0.1) is 28.3 Å². The van der Waals surface area contributed by atoms with Gasteiger partial charge < -0.3 is 9.32 Å². The number of sulfonamides is 1. The molecule has 0 saturated heterocycles. The van der Waals surface area contributed by atoms with Crippen molar-refractivity contribution in [1.29, 1.82) is 0 Å². The molecule has 0 fully saturated rings. The Bertz CT molecular complexity index is 817. The van der Waals surface area contributed by atoms with Crippen LogP contribution in [0.4, 0.5) is 0 Å². The van der Waals surface area contributed by atoms with Gasteiger partial charge in [-0.05, 0) is 44.2 Å². The Labute approximate surface area is 146 Å². The average molecular weight is 371 g/mol. The van der Waals surface area contributed by atoms with Crippen molar-refractivity contribution in [2.45, 2.75) is 31.3 Å². The Morgan fingerprint density at radius 1 is 1.33 bits per heavy atom. The number of nitrogens with zero attached hydrogens (tertiary/aromatic N) is 1. The summed E-state index contributed by atoms with van der Waals surface area (Å²) in [4.78, 5) is 14.0. The number of halogens is 1. The van der Waals surface area contributed by atoms with E-state index in [1.54, 1.807) is 33.0 Å². The molecular formula is C16H19ClN2O4S. The van der Waals surface area contributed by atoms with E-state index >= 15 is 0 Å². The Kier molecular flexibility index (Phi) is 5.69. The second kappa shape index (κ2) is 7.38. The monoisotopic (exact) mass is 370 g/mol. The minimum Gasteiger partial charge on any atom is -0.467 e. The number of amides is 1. The topological polar surface area (TPSA) is 79.6 Å². The molecule has 0 atom stereocenters. The average Bonchev–Trinajstić information content (AvgIpc) is 2.98. The van der Waals surface area contributed by atoms with E-state index in [9.17, 15) is 13.2 Å². The molecule has 1 aromatic heterocycles. The standard InChI is InChI=1S/C16H19ClN2O4S/c1-11(2)18-24(21,22)13-6-7-15(17)14(9-13)16(20)19(3)10-12-5-4-8-23-12/h4-9,11,18H,10H2,1-3H3. The zero-order valence-corrected chi connectivity index (χ0v) is 15.2. The zero-order chi connectivity index (χ0) is 17.9. The van der Waals surface area contributed by atoms with Gasteiger partial charge in [0.25, 0.3) is 5.91 Å². The molecule has 24 heavy (non-hydrogen) atoms. The van der Waals surface area contributed by atoms with Crippen LogP contribution in [0.15, 0.2) is 45.9 Å². The molecule has 0 aliphatic rings. The Balaban J connectivity index is 2.29. The lowest BCUT2D eigenvalue weighted by Gasteiger charge is -2.17. The van der Waals surface area contributed by atoms with Gasteiger partial charge in [0, 0.05) is 13.1 Å². The zero-order valence-electron chi connectivity index (χ0n) is 13.6. The molecule has 0 spiro atoms. The van der Waals surface area contributed by atoms with Crippen LogP contribution in [0.2, 0.25) is 5.02 Å². The number of carbonyl (C=O) groups excluding carboxylic acids is 1. The molecule has 1 heterocycles. The Morgan fingerprint density at radius 2 is 2.04 bits per heavy atom. The molecular weight excluding hydrogens is 352 g/mol. The van der Waals surface area contributed by atoms with Crippen molar-refractivity contribution >= 4 is 27.5 Å². The highest BCUT2D eigenvalue weighted by molar-refractivity contribution is 7.89. The molecule has 8 heteroatoms. The van der Waals surface area contributed by atoms with Crippen LogP contribution in [0.5, 0.6) is 0 Å². The second-order valence-electron chi connectivity index (χ2n) is 5.66. The first-order chi connectivity index (χ1) is 11.2. The van der Waals surface area contributed by atoms with Crippen LogP contribution >= 0.6 is 11.6 Å². The van der Waals surface area contributed by atoms with Crippen LogP contribution in [-0.2, 0) is 16.6 Å². The summed E-state index contributed by atoms with van der Waals surface area (Å²) in [6.45, 7) is 3.69. The number of hydrogen-bond donors (Lipinski definition) is 1. The summed E-state index contributed by atoms with van der Waals surface area (Å²) in [5.41, 5.74) is 0.123. The smallest absolute Gasteiger partial charge is 0.255 e. The number of hydrogen-bond acceptors (Lipinski definition) is 4. The van der Waals surface area contributed by atoms with Crippen LogP contribution in [0, 0.1) is 0 Å². The minimum absolute atomic E-state index is 0.00431. The SMILES string of the molecule is CC(C)NS(=O)(=O)c1ccc(Cl)c(C(=O)N(C)Cc2ccco2)c1. The highest BCUT2D eigenvalue weighted by Crippen LogP contribution is 2.22. The fourth-order valence-corrected chi connectivity index (χ4v) is 3.60. The van der Waals surface area contributed by atoms with E-state index < -0.39 is 15.9 Å². The maximum absolute atomic E-state index is 12.6. The van der Waals surface area contributed by atoms with E-state index in [0.717, 1.165) is 0 Å². The van der Waals surface area contributed by atoms with Crippen LogP contribution in [0.25, 0.3) is 0 Å². The molecule has 1 amide bonds. The maximum Gasteiger partial charge on any atom is 0.255 e. The van der Waals surface area contributed by atoms with Gasteiger partial charge in [-0.25, -0.2) is 13.1 Å². The van der Waals surface area contributed by atoms with Gasteiger partial charge >= 0.3 is 0 Å². The summed E-state index contributed by atoms with van der Waals surface area (Å²) in [7, 11) is -2.11. The second-order valence-corrected chi connectivity index (χ2v) is 7.78. The quantitative estimate of drug-likeness (QED) is 0.847. The molecule has 0 aliphatic heterocycles. The van der Waals surface area contributed by atoms with Crippen molar-refractivity contribution in [2.75, 3.05) is 7.05 Å². The largest absolute Gasteiger partial charge is 0.467 e. The fraction of sp³-hybridized carbons (Fsp3) is 0.312. The summed E-state index contributed by atoms with van der Waals surface area (Å²) in [6.07, 6.45) is 1.52. The minimum atomic E-state index is -3.71. The van der Waals surface area contributed by atoms with E-state index in [0.29, 0.717) is 5.76 Å². The van der Waals surface area contributed by atoms with E-state index in [-0.39, 0.29) is 28.1 Å². The number of benzene rings is 1. The van der Waals surface area contributed by atoms with Crippen LogP contribution < -0.4 is 4.72 Å². The van der Waals surface area contributed by atoms with E-state index in [1.807, 2.05) is 0 Å². The van der Waals surface area contributed by atoms with Crippen LogP contribution in [0.3, 0.4) is 0 Å². The highest BCUT2D eigenvalue weighted by Gasteiger charge is 2.21. The normalized spacial score (nSPS) is 11.7. The van der Waals surface area contributed by atoms with Crippen molar-refractivity contribution in [2.24, 2.45) is 0 Å². The fourth-order valence-electron chi connectivity index (χ4n) is 2.13. The molecule has 0 aliphatic carbocycles. The van der Waals surface area contributed by atoms with E-state index in [1.165, 1.54) is 29.4 Å². The third-order valence-electron chi connectivity index (χ3n) is 3.19. The van der Waals surface area contributed by atoms with E-state index in [4.69, 9.17) is 16.0 Å². The Morgan fingerprint density at radius 3 is 2.62 bits per heavy atom. The number of nitrogens with one attached hydrogen (secondary N) is 1. The van der Waals surface area contributed by atoms with Gasteiger partial charge in [0.2, 0.25) is 10.0 Å².